The molecule has 0 bridgehead atoms. The fourth-order valence-electron chi connectivity index (χ4n) is 3.80. The molecule has 33 heavy (non-hydrogen) atoms. The van der Waals surface area contributed by atoms with E-state index in [1.807, 2.05) is 77.4 Å². The highest BCUT2D eigenvalue weighted by atomic mass is 16.6. The molecule has 2 N–H and O–H groups in total. The lowest BCUT2D eigenvalue weighted by Gasteiger charge is -2.28. The second-order valence-electron chi connectivity index (χ2n) is 9.77. The number of alkyl carbamates (subject to hydrolysis) is 1. The summed E-state index contributed by atoms with van der Waals surface area (Å²) in [7, 11) is 1.64. The van der Waals surface area contributed by atoms with Gasteiger partial charge < -0.3 is 24.6 Å². The van der Waals surface area contributed by atoms with Crippen molar-refractivity contribution >= 4 is 6.09 Å². The molecule has 0 saturated heterocycles. The number of amides is 1. The molecule has 1 aromatic carbocycles. The lowest BCUT2D eigenvalue weighted by molar-refractivity contribution is -0.0935. The van der Waals surface area contributed by atoms with Crippen LogP contribution in [0, 0.1) is 6.92 Å². The largest absolute Gasteiger partial charge is 0.497 e. The van der Waals surface area contributed by atoms with E-state index in [2.05, 4.69) is 5.32 Å². The van der Waals surface area contributed by atoms with Crippen LogP contribution in [0.25, 0.3) is 0 Å². The van der Waals surface area contributed by atoms with E-state index in [1.165, 1.54) is 0 Å². The molecule has 2 rings (SSSR count). The summed E-state index contributed by atoms with van der Waals surface area (Å²) in [6.45, 7) is 14.8. The number of nitrogens with one attached hydrogen (secondary N) is 1. The van der Waals surface area contributed by atoms with Gasteiger partial charge in [-0.1, -0.05) is 26.0 Å². The second-order valence-corrected chi connectivity index (χ2v) is 9.77. The zero-order chi connectivity index (χ0) is 24.8. The van der Waals surface area contributed by atoms with Gasteiger partial charge >= 0.3 is 6.09 Å². The maximum absolute atomic E-state index is 12.2. The number of methoxy groups -OCH3 is 1. The average Bonchev–Trinajstić information content (AvgIpc) is 3.01. The zero-order valence-electron chi connectivity index (χ0n) is 21.2. The van der Waals surface area contributed by atoms with Crippen LogP contribution in [0.15, 0.2) is 24.3 Å². The van der Waals surface area contributed by atoms with Gasteiger partial charge in [0.1, 0.15) is 11.4 Å². The molecule has 1 amide bonds. The van der Waals surface area contributed by atoms with Gasteiger partial charge in [0.25, 0.3) is 0 Å². The van der Waals surface area contributed by atoms with Crippen LogP contribution in [0.4, 0.5) is 4.79 Å². The van der Waals surface area contributed by atoms with Gasteiger partial charge in [0.15, 0.2) is 6.29 Å². The number of carbonyl (C=O) groups excluding carboxylic acids is 1. The van der Waals surface area contributed by atoms with E-state index in [0.29, 0.717) is 19.7 Å². The molecule has 184 valence electrons. The van der Waals surface area contributed by atoms with Crippen LogP contribution in [0.3, 0.4) is 0 Å². The van der Waals surface area contributed by atoms with Crippen LogP contribution >= 0.6 is 0 Å². The fourth-order valence-corrected chi connectivity index (χ4v) is 3.80. The van der Waals surface area contributed by atoms with E-state index in [9.17, 15) is 9.90 Å². The topological polar surface area (TPSA) is 94.8 Å². The number of ether oxygens (including phenoxy) is 3. The molecule has 0 fully saturated rings. The molecule has 8 nitrogen and oxygen atoms in total. The first-order chi connectivity index (χ1) is 15.4. The second kappa shape index (κ2) is 11.0. The van der Waals surface area contributed by atoms with Crippen molar-refractivity contribution in [1.82, 2.24) is 15.1 Å². The molecule has 1 heterocycles. The Morgan fingerprint density at radius 2 is 1.82 bits per heavy atom. The Hall–Kier alpha value is -2.58. The molecule has 2 aromatic rings. The summed E-state index contributed by atoms with van der Waals surface area (Å²) in [5.74, 6) is 0.798. The Balaban J connectivity index is 2.33. The lowest BCUT2D eigenvalue weighted by Crippen LogP contribution is -2.40. The monoisotopic (exact) mass is 461 g/mol. The van der Waals surface area contributed by atoms with Crippen molar-refractivity contribution in [3.63, 3.8) is 0 Å². The third kappa shape index (κ3) is 7.75. The van der Waals surface area contributed by atoms with Crippen LogP contribution in [-0.2, 0) is 27.9 Å². The molecule has 0 aliphatic carbocycles. The number of benzene rings is 1. The van der Waals surface area contributed by atoms with Crippen molar-refractivity contribution in [1.29, 1.82) is 0 Å². The Kier molecular flexibility index (Phi) is 8.91. The van der Waals surface area contributed by atoms with E-state index >= 15 is 0 Å². The summed E-state index contributed by atoms with van der Waals surface area (Å²) in [4.78, 5) is 12.2. The number of hydrogen-bond acceptors (Lipinski definition) is 6. The molecular weight excluding hydrogens is 422 g/mol. The first-order valence-electron chi connectivity index (χ1n) is 11.3. The minimum Gasteiger partial charge on any atom is -0.497 e. The van der Waals surface area contributed by atoms with Gasteiger partial charge in [0, 0.05) is 36.2 Å². The fraction of sp³-hybridized carbons (Fsp3) is 0.600. The van der Waals surface area contributed by atoms with Gasteiger partial charge in [0.05, 0.1) is 19.3 Å². The van der Waals surface area contributed by atoms with E-state index in [0.717, 1.165) is 28.3 Å². The molecule has 0 saturated carbocycles. The molecule has 0 aliphatic heterocycles. The van der Waals surface area contributed by atoms with Crippen LogP contribution in [0.2, 0.25) is 0 Å². The van der Waals surface area contributed by atoms with Crippen LogP contribution in [0.1, 0.15) is 64.1 Å². The van der Waals surface area contributed by atoms with Crippen LogP contribution < -0.4 is 10.1 Å². The summed E-state index contributed by atoms with van der Waals surface area (Å²) < 4.78 is 17.9. The number of rotatable bonds is 10. The molecule has 0 radical (unpaired) electrons. The van der Waals surface area contributed by atoms with Crippen molar-refractivity contribution in [2.75, 3.05) is 20.3 Å². The Bertz CT molecular complexity index is 913. The highest BCUT2D eigenvalue weighted by molar-refractivity contribution is 5.67. The van der Waals surface area contributed by atoms with E-state index in [-0.39, 0.29) is 6.42 Å². The molecular formula is C25H39N3O5. The molecule has 0 spiro atoms. The minimum absolute atomic E-state index is 0.259. The summed E-state index contributed by atoms with van der Waals surface area (Å²) in [5.41, 5.74) is 2.75. The normalized spacial score (nSPS) is 13.0. The molecule has 8 heteroatoms. The summed E-state index contributed by atoms with van der Waals surface area (Å²) in [6.07, 6.45) is -1.16. The first-order valence-corrected chi connectivity index (χ1v) is 11.3. The zero-order valence-corrected chi connectivity index (χ0v) is 21.2. The highest BCUT2D eigenvalue weighted by Crippen LogP contribution is 2.31. The highest BCUT2D eigenvalue weighted by Gasteiger charge is 2.31. The van der Waals surface area contributed by atoms with Crippen molar-refractivity contribution in [3.05, 3.63) is 46.8 Å². The predicted molar refractivity (Wildman–Crippen MR) is 128 cm³/mol. The van der Waals surface area contributed by atoms with Crippen LogP contribution in [-0.4, -0.2) is 53.1 Å². The average molecular weight is 462 g/mol. The van der Waals surface area contributed by atoms with Gasteiger partial charge in [-0.25, -0.2) is 4.79 Å². The quantitative estimate of drug-likeness (QED) is 0.520. The smallest absolute Gasteiger partial charge is 0.407 e. The molecule has 1 unspecified atom stereocenters. The van der Waals surface area contributed by atoms with Gasteiger partial charge in [0.2, 0.25) is 0 Å². The number of carbonyl (C=O) groups is 1. The molecule has 1 atom stereocenters. The van der Waals surface area contributed by atoms with Gasteiger partial charge in [-0.2, -0.15) is 5.10 Å². The van der Waals surface area contributed by atoms with E-state index < -0.39 is 23.4 Å². The minimum atomic E-state index is -0.952. The van der Waals surface area contributed by atoms with Crippen LogP contribution in [0.5, 0.6) is 5.75 Å². The SMILES string of the molecule is CCOC(O)Cc1nn(Cc2ccc(OC)cc2)c(C)c1C(C)(C)CNC(=O)OC(C)(C)C. The van der Waals surface area contributed by atoms with Gasteiger partial charge in [-0.15, -0.1) is 0 Å². The van der Waals surface area contributed by atoms with Gasteiger partial charge in [-0.3, -0.25) is 4.68 Å². The van der Waals surface area contributed by atoms with Crippen molar-refractivity contribution < 1.29 is 24.1 Å². The van der Waals surface area contributed by atoms with Gasteiger partial charge in [-0.05, 0) is 52.3 Å². The number of aromatic nitrogens is 2. The Labute approximate surface area is 197 Å². The summed E-state index contributed by atoms with van der Waals surface area (Å²) in [5, 5.41) is 18.0. The Morgan fingerprint density at radius 1 is 1.18 bits per heavy atom. The summed E-state index contributed by atoms with van der Waals surface area (Å²) >= 11 is 0. The maximum atomic E-state index is 12.2. The standard InChI is InChI=1S/C25H39N3O5/c1-9-32-21(29)14-20-22(25(6,7)16-26-23(30)33-24(3,4)5)17(2)28(27-20)15-18-10-12-19(31-8)13-11-18/h10-13,21,29H,9,14-16H2,1-8H3,(H,26,30). The van der Waals surface area contributed by atoms with E-state index in [1.54, 1.807) is 7.11 Å². The Morgan fingerprint density at radius 3 is 2.36 bits per heavy atom. The lowest BCUT2D eigenvalue weighted by atomic mass is 9.82. The number of hydrogen-bond donors (Lipinski definition) is 2. The third-order valence-corrected chi connectivity index (χ3v) is 5.25. The number of aliphatic hydroxyl groups excluding tert-OH is 1. The molecule has 1 aromatic heterocycles. The maximum Gasteiger partial charge on any atom is 0.407 e. The predicted octanol–water partition coefficient (Wildman–Crippen LogP) is 3.95. The number of aliphatic hydroxyl groups is 1. The van der Waals surface area contributed by atoms with Crippen molar-refractivity contribution in [2.24, 2.45) is 0 Å². The van der Waals surface area contributed by atoms with E-state index in [4.69, 9.17) is 19.3 Å². The molecule has 0 aliphatic rings. The van der Waals surface area contributed by atoms with Crippen molar-refractivity contribution in [2.45, 2.75) is 78.7 Å². The van der Waals surface area contributed by atoms with Crippen molar-refractivity contribution in [3.8, 4) is 5.75 Å². The first kappa shape index (κ1) is 26.7. The third-order valence-electron chi connectivity index (χ3n) is 5.25. The summed E-state index contributed by atoms with van der Waals surface area (Å²) in [6, 6.07) is 7.85. The number of nitrogens with zero attached hydrogens (tertiary/aromatic N) is 2.